The Hall–Kier alpha value is -5.20. The number of unbranched alkanes of at least 4 members (excludes halogenated alkanes) is 1. The van der Waals surface area contributed by atoms with Crippen molar-refractivity contribution in [2.24, 2.45) is 17.1 Å². The van der Waals surface area contributed by atoms with Gasteiger partial charge in [-0.15, -0.1) is 0 Å². The van der Waals surface area contributed by atoms with Gasteiger partial charge in [0.1, 0.15) is 36.4 Å². The van der Waals surface area contributed by atoms with Gasteiger partial charge in [-0.05, 0) is 73.8 Å². The van der Waals surface area contributed by atoms with Crippen LogP contribution in [0.4, 0.5) is 8.78 Å². The molecule has 0 saturated heterocycles. The zero-order valence-electron chi connectivity index (χ0n) is 36.1. The third-order valence-electron chi connectivity index (χ3n) is 10.2. The highest BCUT2D eigenvalue weighted by Crippen LogP contribution is 2.41. The zero-order chi connectivity index (χ0) is 46.3. The van der Waals surface area contributed by atoms with Crippen LogP contribution in [0.1, 0.15) is 84.5 Å². The number of hydrogen-bond donors (Lipinski definition) is 7. The summed E-state index contributed by atoms with van der Waals surface area (Å²) in [6.07, 6.45) is 2.34. The lowest BCUT2D eigenvalue weighted by Gasteiger charge is -2.41. The van der Waals surface area contributed by atoms with E-state index in [-0.39, 0.29) is 49.2 Å². The van der Waals surface area contributed by atoms with Crippen LogP contribution < -0.4 is 27.0 Å². The summed E-state index contributed by atoms with van der Waals surface area (Å²) in [4.78, 5) is 77.5. The molecule has 0 aliphatic rings. The molecule has 2 aromatic carbocycles. The Bertz CT molecular complexity index is 2010. The molecule has 0 fully saturated rings. The number of aromatic nitrogens is 1. The second-order valence-electron chi connectivity index (χ2n) is 16.6. The molecule has 1 heterocycles. The van der Waals surface area contributed by atoms with Crippen molar-refractivity contribution in [3.05, 3.63) is 83.7 Å². The fourth-order valence-electron chi connectivity index (χ4n) is 7.00. The summed E-state index contributed by atoms with van der Waals surface area (Å²) in [5.74, 6) is -5.70. The lowest BCUT2D eigenvalue weighted by molar-refractivity contribution is -0.142. The number of aliphatic carboxylic acids is 1. The van der Waals surface area contributed by atoms with Crippen molar-refractivity contribution in [1.82, 2.24) is 30.7 Å². The van der Waals surface area contributed by atoms with E-state index in [0.717, 1.165) is 23.8 Å². The van der Waals surface area contributed by atoms with E-state index in [1.165, 1.54) is 11.8 Å². The van der Waals surface area contributed by atoms with E-state index in [9.17, 15) is 43.4 Å². The van der Waals surface area contributed by atoms with E-state index in [0.29, 0.717) is 24.2 Å². The lowest BCUT2D eigenvalue weighted by Crippen LogP contribution is -2.56. The predicted molar refractivity (Wildman–Crippen MR) is 234 cm³/mol. The number of rotatable bonds is 23. The Labute approximate surface area is 369 Å². The summed E-state index contributed by atoms with van der Waals surface area (Å²) in [7, 11) is 0. The molecule has 5 amide bonds. The van der Waals surface area contributed by atoms with Crippen molar-refractivity contribution in [2.75, 3.05) is 25.0 Å². The van der Waals surface area contributed by atoms with Crippen molar-refractivity contribution in [3.8, 4) is 11.1 Å². The van der Waals surface area contributed by atoms with Crippen molar-refractivity contribution in [1.29, 1.82) is 0 Å². The molecule has 18 heteroatoms. The smallest absolute Gasteiger partial charge is 0.326 e. The number of amides is 5. The van der Waals surface area contributed by atoms with Crippen LogP contribution in [0.15, 0.2) is 60.8 Å². The molecule has 0 saturated carbocycles. The van der Waals surface area contributed by atoms with E-state index >= 15 is 4.39 Å². The largest absolute Gasteiger partial charge is 0.480 e. The van der Waals surface area contributed by atoms with Crippen LogP contribution in [-0.4, -0.2) is 104 Å². The standard InChI is InChI=1S/C44H60BrF2N7O8/c1-26(2)38(52-36(56)22-45)42(60)50-27(3)40(58)51-34(43(61)62)14-10-11-18-49-41(59)33(48)17-19-54(37(57)25-55)39(44(4,5)6)35-20-29(31-21-30(46)15-16-32(31)47)24-53(35)23-28-12-8-7-9-13-28/h7-9,12-13,15-16,20-21,24,26-27,33-34,38-39,55H,10-11,14,17-19,22-23,25,48H2,1-6H3,(H,49,59)(H,50,60)(H,51,58)(H,52,56)(H,61,62)/t27-,33-,34-,38-,39-/m0/s1. The molecule has 15 nitrogen and oxygen atoms in total. The van der Waals surface area contributed by atoms with Gasteiger partial charge in [0, 0.05) is 42.7 Å². The van der Waals surface area contributed by atoms with Gasteiger partial charge in [-0.25, -0.2) is 13.6 Å². The Balaban J connectivity index is 1.66. The summed E-state index contributed by atoms with van der Waals surface area (Å²) in [6.45, 7) is 10.1. The average Bonchev–Trinajstić information content (AvgIpc) is 3.62. The number of aliphatic hydroxyl groups excluding tert-OH is 1. The predicted octanol–water partition coefficient (Wildman–Crippen LogP) is 4.00. The van der Waals surface area contributed by atoms with Crippen LogP contribution in [0.25, 0.3) is 11.1 Å². The molecule has 8 N–H and O–H groups in total. The molecule has 3 rings (SSSR count). The van der Waals surface area contributed by atoms with E-state index in [2.05, 4.69) is 37.2 Å². The number of halogens is 3. The number of nitrogens with zero attached hydrogens (tertiary/aromatic N) is 2. The molecule has 0 spiro atoms. The van der Waals surface area contributed by atoms with Crippen molar-refractivity contribution >= 4 is 51.4 Å². The van der Waals surface area contributed by atoms with Gasteiger partial charge >= 0.3 is 5.97 Å². The molecule has 1 aromatic heterocycles. The molecule has 62 heavy (non-hydrogen) atoms. The summed E-state index contributed by atoms with van der Waals surface area (Å²) in [5.41, 5.74) is 7.56. The van der Waals surface area contributed by atoms with Gasteiger partial charge in [-0.3, -0.25) is 24.0 Å². The Morgan fingerprint density at radius 1 is 0.887 bits per heavy atom. The quantitative estimate of drug-likeness (QED) is 0.0539. The van der Waals surface area contributed by atoms with Gasteiger partial charge in [-0.1, -0.05) is 80.9 Å². The molecule has 3 aromatic rings. The van der Waals surface area contributed by atoms with Crippen molar-refractivity contribution in [2.45, 2.75) is 104 Å². The SMILES string of the molecule is CC(C)[C@H](NC(=O)CBr)C(=O)N[C@@H](C)C(=O)N[C@@H](CCCCNC(=O)[C@@H](N)CCN(C(=O)CO)[C@@H](c1cc(-c2cc(F)ccc2F)cn1Cc1ccccc1)C(C)(C)C)C(=O)O. The maximum Gasteiger partial charge on any atom is 0.326 e. The van der Waals surface area contributed by atoms with Gasteiger partial charge in [-0.2, -0.15) is 0 Å². The molecule has 0 aliphatic heterocycles. The molecular weight excluding hydrogens is 872 g/mol. The molecule has 0 radical (unpaired) electrons. The highest BCUT2D eigenvalue weighted by atomic mass is 79.9. The number of carboxylic acids is 1. The number of carbonyl (C=O) groups excluding carboxylic acids is 5. The molecule has 0 aliphatic carbocycles. The highest BCUT2D eigenvalue weighted by molar-refractivity contribution is 9.09. The number of nitrogens with one attached hydrogen (secondary N) is 4. The average molecular weight is 933 g/mol. The van der Waals surface area contributed by atoms with Crippen LogP contribution in [0, 0.1) is 23.0 Å². The first-order valence-electron chi connectivity index (χ1n) is 20.5. The number of alkyl halides is 1. The van der Waals surface area contributed by atoms with Crippen LogP contribution in [0.3, 0.4) is 0 Å². The van der Waals surface area contributed by atoms with E-state index < -0.39 is 89.4 Å². The van der Waals surface area contributed by atoms with Crippen LogP contribution >= 0.6 is 15.9 Å². The number of carboxylic acid groups (broad SMARTS) is 1. The number of hydrogen-bond acceptors (Lipinski definition) is 8. The maximum atomic E-state index is 15.1. The summed E-state index contributed by atoms with van der Waals surface area (Å²) in [6, 6.07) is 9.26. The van der Waals surface area contributed by atoms with Crippen molar-refractivity contribution < 1.29 is 47.8 Å². The second kappa shape index (κ2) is 23.9. The first kappa shape index (κ1) is 51.2. The monoisotopic (exact) mass is 931 g/mol. The minimum atomic E-state index is -1.28. The van der Waals surface area contributed by atoms with E-state index in [1.54, 1.807) is 26.1 Å². The number of carbonyl (C=O) groups is 6. The van der Waals surface area contributed by atoms with Crippen molar-refractivity contribution in [3.63, 3.8) is 0 Å². The van der Waals surface area contributed by atoms with E-state index in [1.807, 2.05) is 55.7 Å². The number of aliphatic hydroxyl groups is 1. The van der Waals surface area contributed by atoms with Gasteiger partial charge < -0.3 is 46.7 Å². The third kappa shape index (κ3) is 15.0. The molecule has 5 atom stereocenters. The van der Waals surface area contributed by atoms with Crippen LogP contribution in [-0.2, 0) is 35.3 Å². The first-order chi connectivity index (χ1) is 29.2. The van der Waals surface area contributed by atoms with E-state index in [4.69, 9.17) is 5.73 Å². The van der Waals surface area contributed by atoms with Crippen LogP contribution in [0.5, 0.6) is 0 Å². The Morgan fingerprint density at radius 2 is 1.56 bits per heavy atom. The lowest BCUT2D eigenvalue weighted by atomic mass is 9.82. The molecule has 340 valence electrons. The highest BCUT2D eigenvalue weighted by Gasteiger charge is 2.37. The third-order valence-corrected chi connectivity index (χ3v) is 10.7. The summed E-state index contributed by atoms with van der Waals surface area (Å²) in [5, 5.41) is 30.1. The van der Waals surface area contributed by atoms with Gasteiger partial charge in [0.2, 0.25) is 29.5 Å². The van der Waals surface area contributed by atoms with Gasteiger partial charge in [0.15, 0.2) is 0 Å². The van der Waals surface area contributed by atoms with Crippen LogP contribution in [0.2, 0.25) is 0 Å². The Kier molecular flexibility index (Phi) is 19.7. The molecular formula is C44H60BrF2N7O8. The maximum absolute atomic E-state index is 15.1. The topological polar surface area (TPSA) is 225 Å². The minimum absolute atomic E-state index is 0.00241. The Morgan fingerprint density at radius 3 is 2.16 bits per heavy atom. The van der Waals surface area contributed by atoms with Gasteiger partial charge in [0.05, 0.1) is 17.4 Å². The summed E-state index contributed by atoms with van der Waals surface area (Å²) < 4.78 is 31.3. The molecule has 0 unspecified atom stereocenters. The van der Waals surface area contributed by atoms with Gasteiger partial charge in [0.25, 0.3) is 0 Å². The number of nitrogens with two attached hydrogens (primary N) is 1. The second-order valence-corrected chi connectivity index (χ2v) is 17.2. The summed E-state index contributed by atoms with van der Waals surface area (Å²) >= 11 is 3.03. The first-order valence-corrected chi connectivity index (χ1v) is 21.6. The normalized spacial score (nSPS) is 13.9. The minimum Gasteiger partial charge on any atom is -0.480 e. The fourth-order valence-corrected chi connectivity index (χ4v) is 7.16. The molecule has 0 bridgehead atoms. The fraction of sp³-hybridized carbons (Fsp3) is 0.500. The zero-order valence-corrected chi connectivity index (χ0v) is 37.6. The number of benzene rings is 2.